The van der Waals surface area contributed by atoms with Crippen LogP contribution in [0.25, 0.3) is 0 Å². The predicted molar refractivity (Wildman–Crippen MR) is 131 cm³/mol. The summed E-state index contributed by atoms with van der Waals surface area (Å²) in [5.41, 5.74) is 2.40. The largest absolute Gasteiger partial charge is 0.388 e. The van der Waals surface area contributed by atoms with Crippen LogP contribution in [0.5, 0.6) is 0 Å². The van der Waals surface area contributed by atoms with Gasteiger partial charge in [0.2, 0.25) is 5.91 Å². The Balaban J connectivity index is 1.46. The predicted octanol–water partition coefficient (Wildman–Crippen LogP) is 4.59. The maximum atomic E-state index is 13.3. The number of piperidine rings is 1. The van der Waals surface area contributed by atoms with Crippen LogP contribution in [0.1, 0.15) is 51.0 Å². The molecule has 1 saturated heterocycles. The number of hydrogen-bond donors (Lipinski definition) is 1. The van der Waals surface area contributed by atoms with E-state index < -0.39 is 5.60 Å². The van der Waals surface area contributed by atoms with Crippen molar-refractivity contribution in [1.82, 2.24) is 4.90 Å². The minimum absolute atomic E-state index is 0.0834. The number of β-amino-alcohol motifs (C(OH)–C–C–N with tert-alkyl or cyclic N) is 1. The van der Waals surface area contributed by atoms with Crippen LogP contribution < -0.4 is 9.80 Å². The van der Waals surface area contributed by atoms with E-state index in [4.69, 9.17) is 0 Å². The van der Waals surface area contributed by atoms with Gasteiger partial charge in [-0.2, -0.15) is 0 Å². The summed E-state index contributed by atoms with van der Waals surface area (Å²) in [5.74, 6) is -0.143. The van der Waals surface area contributed by atoms with E-state index in [1.165, 1.54) is 12.1 Å². The second-order valence-electron chi connectivity index (χ2n) is 9.61. The number of aliphatic hydroxyl groups is 1. The fourth-order valence-electron chi connectivity index (χ4n) is 5.18. The molecule has 2 heterocycles. The number of amides is 1. The van der Waals surface area contributed by atoms with Gasteiger partial charge in [-0.3, -0.25) is 9.69 Å². The highest BCUT2D eigenvalue weighted by atomic mass is 19.1. The zero-order valence-corrected chi connectivity index (χ0v) is 19.7. The Bertz CT molecular complexity index is 925. The summed E-state index contributed by atoms with van der Waals surface area (Å²) < 4.78 is 13.3. The summed E-state index contributed by atoms with van der Waals surface area (Å²) in [6.45, 7) is 6.21. The number of nitrogens with zero attached hydrogens (tertiary/aromatic N) is 3. The number of carbonyl (C=O) groups is 1. The fourth-order valence-corrected chi connectivity index (χ4v) is 5.18. The third-order valence-corrected chi connectivity index (χ3v) is 7.07. The Morgan fingerprint density at radius 3 is 2.30 bits per heavy atom. The van der Waals surface area contributed by atoms with Gasteiger partial charge in [-0.25, -0.2) is 4.39 Å². The van der Waals surface area contributed by atoms with Crippen LogP contribution in [-0.2, 0) is 11.3 Å². The van der Waals surface area contributed by atoms with Gasteiger partial charge in [-0.1, -0.05) is 31.0 Å². The van der Waals surface area contributed by atoms with E-state index in [-0.39, 0.29) is 11.7 Å². The summed E-state index contributed by atoms with van der Waals surface area (Å²) in [6, 6.07) is 14.8. The number of anilines is 2. The lowest BCUT2D eigenvalue weighted by Gasteiger charge is -2.42. The van der Waals surface area contributed by atoms with Crippen molar-refractivity contribution in [3.05, 3.63) is 59.9 Å². The standard InChI is InChI=1S/C27H36FN3O2/c1-22(32)31-17-7-3-2-6-16-29(20-23-8-4-5-9-26(23)31)21-27(33)14-18-30(19-15-27)25-12-10-24(28)11-13-25/h4-5,8-13,33H,2-3,6-7,14-21H2,1H3. The smallest absolute Gasteiger partial charge is 0.223 e. The number of para-hydroxylation sites is 1. The van der Waals surface area contributed by atoms with Crippen molar-refractivity contribution in [1.29, 1.82) is 0 Å². The molecule has 33 heavy (non-hydrogen) atoms. The van der Waals surface area contributed by atoms with Gasteiger partial charge in [0, 0.05) is 51.0 Å². The van der Waals surface area contributed by atoms with Gasteiger partial charge in [-0.15, -0.1) is 0 Å². The second kappa shape index (κ2) is 10.7. The lowest BCUT2D eigenvalue weighted by atomic mass is 9.90. The molecule has 5 nitrogen and oxygen atoms in total. The summed E-state index contributed by atoms with van der Waals surface area (Å²) in [6.07, 6.45) is 5.72. The zero-order valence-electron chi connectivity index (χ0n) is 19.7. The Hall–Kier alpha value is -2.44. The van der Waals surface area contributed by atoms with Gasteiger partial charge in [0.25, 0.3) is 0 Å². The molecule has 2 aromatic carbocycles. The highest BCUT2D eigenvalue weighted by Crippen LogP contribution is 2.30. The maximum absolute atomic E-state index is 13.3. The first-order valence-electron chi connectivity index (χ1n) is 12.2. The van der Waals surface area contributed by atoms with Crippen molar-refractivity contribution < 1.29 is 14.3 Å². The van der Waals surface area contributed by atoms with Crippen molar-refractivity contribution in [2.75, 3.05) is 42.5 Å². The van der Waals surface area contributed by atoms with Crippen LogP contribution in [-0.4, -0.2) is 54.2 Å². The monoisotopic (exact) mass is 453 g/mol. The SMILES string of the molecule is CC(=O)N1CCCCCCN(CC2(O)CCN(c3ccc(F)cc3)CC2)Cc2ccccc21. The molecule has 6 heteroatoms. The molecule has 1 N–H and O–H groups in total. The molecule has 0 bridgehead atoms. The normalized spacial score (nSPS) is 20.1. The number of hydrogen-bond acceptors (Lipinski definition) is 4. The van der Waals surface area contributed by atoms with Crippen molar-refractivity contribution in [3.8, 4) is 0 Å². The van der Waals surface area contributed by atoms with Crippen molar-refractivity contribution in [2.45, 2.75) is 57.6 Å². The number of fused-ring (bicyclic) bond motifs is 1. The Morgan fingerprint density at radius 2 is 1.61 bits per heavy atom. The van der Waals surface area contributed by atoms with E-state index in [0.717, 1.165) is 75.3 Å². The second-order valence-corrected chi connectivity index (χ2v) is 9.61. The van der Waals surface area contributed by atoms with Crippen LogP contribution in [0.4, 0.5) is 15.8 Å². The average Bonchev–Trinajstić information content (AvgIpc) is 2.83. The van der Waals surface area contributed by atoms with Crippen LogP contribution >= 0.6 is 0 Å². The van der Waals surface area contributed by atoms with E-state index in [2.05, 4.69) is 15.9 Å². The first-order chi connectivity index (χ1) is 15.9. The zero-order chi connectivity index (χ0) is 23.3. The van der Waals surface area contributed by atoms with Gasteiger partial charge in [-0.05, 0) is 68.1 Å². The molecule has 1 fully saturated rings. The Morgan fingerprint density at radius 1 is 0.939 bits per heavy atom. The highest BCUT2D eigenvalue weighted by Gasteiger charge is 2.34. The number of halogens is 1. The van der Waals surface area contributed by atoms with Crippen molar-refractivity contribution in [2.24, 2.45) is 0 Å². The van der Waals surface area contributed by atoms with E-state index in [9.17, 15) is 14.3 Å². The molecule has 0 aliphatic carbocycles. The molecule has 0 radical (unpaired) electrons. The molecule has 0 saturated carbocycles. The van der Waals surface area contributed by atoms with Gasteiger partial charge in [0.05, 0.1) is 5.60 Å². The molecule has 1 amide bonds. The first-order valence-corrected chi connectivity index (χ1v) is 12.2. The van der Waals surface area contributed by atoms with Crippen molar-refractivity contribution in [3.63, 3.8) is 0 Å². The number of carbonyl (C=O) groups excluding carboxylic acids is 1. The summed E-state index contributed by atoms with van der Waals surface area (Å²) in [5, 5.41) is 11.5. The third kappa shape index (κ3) is 6.12. The topological polar surface area (TPSA) is 47.0 Å². The lowest BCUT2D eigenvalue weighted by Crippen LogP contribution is -2.51. The fraction of sp³-hybridized carbons (Fsp3) is 0.519. The average molecular weight is 454 g/mol. The van der Waals surface area contributed by atoms with Crippen LogP contribution in [0.3, 0.4) is 0 Å². The van der Waals surface area contributed by atoms with Crippen LogP contribution in [0.15, 0.2) is 48.5 Å². The molecule has 0 atom stereocenters. The number of benzene rings is 2. The molecule has 2 aliphatic rings. The Labute approximate surface area is 196 Å². The highest BCUT2D eigenvalue weighted by molar-refractivity contribution is 5.92. The van der Waals surface area contributed by atoms with Gasteiger partial charge < -0.3 is 14.9 Å². The molecule has 178 valence electrons. The van der Waals surface area contributed by atoms with Crippen molar-refractivity contribution >= 4 is 17.3 Å². The van der Waals surface area contributed by atoms with E-state index in [0.29, 0.717) is 19.4 Å². The van der Waals surface area contributed by atoms with E-state index >= 15 is 0 Å². The molecule has 4 rings (SSSR count). The minimum atomic E-state index is -0.744. The third-order valence-electron chi connectivity index (χ3n) is 7.07. The van der Waals surface area contributed by atoms with Gasteiger partial charge >= 0.3 is 0 Å². The number of rotatable bonds is 3. The maximum Gasteiger partial charge on any atom is 0.223 e. The molecule has 0 aromatic heterocycles. The lowest BCUT2D eigenvalue weighted by molar-refractivity contribution is -0.116. The molecule has 2 aliphatic heterocycles. The van der Waals surface area contributed by atoms with E-state index in [1.807, 2.05) is 35.2 Å². The van der Waals surface area contributed by atoms with E-state index in [1.54, 1.807) is 6.92 Å². The molecule has 2 aromatic rings. The minimum Gasteiger partial charge on any atom is -0.388 e. The Kier molecular flexibility index (Phi) is 7.66. The molecular weight excluding hydrogens is 417 g/mol. The quantitative estimate of drug-likeness (QED) is 0.739. The van der Waals surface area contributed by atoms with Crippen LogP contribution in [0.2, 0.25) is 0 Å². The van der Waals surface area contributed by atoms with Gasteiger partial charge in [0.15, 0.2) is 0 Å². The molecule has 0 spiro atoms. The van der Waals surface area contributed by atoms with Gasteiger partial charge in [0.1, 0.15) is 5.82 Å². The van der Waals surface area contributed by atoms with Crippen LogP contribution in [0, 0.1) is 5.82 Å². The summed E-state index contributed by atoms with van der Waals surface area (Å²) in [4.78, 5) is 18.9. The summed E-state index contributed by atoms with van der Waals surface area (Å²) in [7, 11) is 0. The molecular formula is C27H36FN3O2. The first kappa shape index (κ1) is 23.7. The molecule has 0 unspecified atom stereocenters. The summed E-state index contributed by atoms with van der Waals surface area (Å²) >= 11 is 0.